The van der Waals surface area contributed by atoms with Crippen LogP contribution in [-0.2, 0) is 9.84 Å². The van der Waals surface area contributed by atoms with Crippen LogP contribution in [0.15, 0.2) is 24.3 Å². The van der Waals surface area contributed by atoms with Gasteiger partial charge >= 0.3 is 0 Å². The average Bonchev–Trinajstić information content (AvgIpc) is 3.09. The van der Waals surface area contributed by atoms with Crippen molar-refractivity contribution in [3.05, 3.63) is 34.8 Å². The van der Waals surface area contributed by atoms with Crippen molar-refractivity contribution >= 4 is 27.1 Å². The summed E-state index contributed by atoms with van der Waals surface area (Å²) in [6.07, 6.45) is 0.467. The molecule has 1 fully saturated rings. The minimum absolute atomic E-state index is 0.0132. The van der Waals surface area contributed by atoms with Gasteiger partial charge in [0.05, 0.1) is 24.3 Å². The molecule has 1 aliphatic rings. The van der Waals surface area contributed by atoms with Crippen LogP contribution in [0.3, 0.4) is 0 Å². The first kappa shape index (κ1) is 16.9. The third-order valence-corrected chi connectivity index (χ3v) is 6.86. The first-order valence-electron chi connectivity index (χ1n) is 7.51. The third kappa shape index (κ3) is 3.59. The SMILES string of the molecule is COc1cccc(-c2nc(C)c(C(=O)N[C@H]3CCS(=O)(=O)C3)s2)c1. The molecule has 1 atom stereocenters. The molecule has 2 heterocycles. The number of benzene rings is 1. The molecule has 0 spiro atoms. The Morgan fingerprint density at radius 2 is 2.21 bits per heavy atom. The van der Waals surface area contributed by atoms with E-state index in [0.717, 1.165) is 16.3 Å². The molecule has 8 heteroatoms. The van der Waals surface area contributed by atoms with Crippen LogP contribution in [0, 0.1) is 6.92 Å². The average molecular weight is 366 g/mol. The molecule has 1 N–H and O–H groups in total. The maximum absolute atomic E-state index is 12.4. The number of aryl methyl sites for hydroxylation is 1. The molecule has 1 aromatic heterocycles. The second-order valence-electron chi connectivity index (χ2n) is 5.74. The third-order valence-electron chi connectivity index (χ3n) is 3.89. The van der Waals surface area contributed by atoms with Gasteiger partial charge in [-0.1, -0.05) is 12.1 Å². The van der Waals surface area contributed by atoms with E-state index in [1.807, 2.05) is 24.3 Å². The molecule has 0 bridgehead atoms. The number of thiazole rings is 1. The summed E-state index contributed by atoms with van der Waals surface area (Å²) in [5, 5.41) is 3.54. The quantitative estimate of drug-likeness (QED) is 0.895. The normalized spacial score (nSPS) is 19.2. The number of carbonyl (C=O) groups excluding carboxylic acids is 1. The van der Waals surface area contributed by atoms with Gasteiger partial charge in [0.1, 0.15) is 15.6 Å². The fourth-order valence-corrected chi connectivity index (χ4v) is 5.29. The Bertz CT molecular complexity index is 874. The second kappa shape index (κ2) is 6.52. The zero-order valence-corrected chi connectivity index (χ0v) is 15.0. The minimum Gasteiger partial charge on any atom is -0.497 e. The molecule has 1 aliphatic heterocycles. The molecular weight excluding hydrogens is 348 g/mol. The first-order valence-corrected chi connectivity index (χ1v) is 10.1. The van der Waals surface area contributed by atoms with Gasteiger partial charge in [-0.3, -0.25) is 4.79 Å². The molecular formula is C16H18N2O4S2. The van der Waals surface area contributed by atoms with Crippen LogP contribution in [0.4, 0.5) is 0 Å². The number of rotatable bonds is 4. The molecule has 0 saturated carbocycles. The van der Waals surface area contributed by atoms with Crippen molar-refractivity contribution in [3.8, 4) is 16.3 Å². The minimum atomic E-state index is -3.02. The summed E-state index contributed by atoms with van der Waals surface area (Å²) in [6.45, 7) is 1.78. The summed E-state index contributed by atoms with van der Waals surface area (Å²) in [5.41, 5.74) is 1.51. The number of nitrogens with zero attached hydrogens (tertiary/aromatic N) is 1. The van der Waals surface area contributed by atoms with Gasteiger partial charge in [0.15, 0.2) is 9.84 Å². The van der Waals surface area contributed by atoms with Gasteiger partial charge in [-0.2, -0.15) is 0 Å². The Balaban J connectivity index is 1.79. The summed E-state index contributed by atoms with van der Waals surface area (Å²) in [6, 6.07) is 7.17. The monoisotopic (exact) mass is 366 g/mol. The fourth-order valence-electron chi connectivity index (χ4n) is 2.65. The Labute approximate surface area is 144 Å². The number of amides is 1. The van der Waals surface area contributed by atoms with E-state index >= 15 is 0 Å². The van der Waals surface area contributed by atoms with E-state index in [4.69, 9.17) is 4.74 Å². The van der Waals surface area contributed by atoms with Crippen molar-refractivity contribution in [1.82, 2.24) is 10.3 Å². The number of hydrogen-bond donors (Lipinski definition) is 1. The van der Waals surface area contributed by atoms with Crippen molar-refractivity contribution in [2.75, 3.05) is 18.6 Å². The lowest BCUT2D eigenvalue weighted by Gasteiger charge is -2.09. The number of ether oxygens (including phenoxy) is 1. The van der Waals surface area contributed by atoms with Crippen LogP contribution in [-0.4, -0.2) is 44.0 Å². The zero-order valence-electron chi connectivity index (χ0n) is 13.4. The Hall–Kier alpha value is -1.93. The molecule has 3 rings (SSSR count). The maximum atomic E-state index is 12.4. The smallest absolute Gasteiger partial charge is 0.263 e. The van der Waals surface area contributed by atoms with Crippen LogP contribution < -0.4 is 10.1 Å². The van der Waals surface area contributed by atoms with Gasteiger partial charge in [-0.15, -0.1) is 11.3 Å². The highest BCUT2D eigenvalue weighted by atomic mass is 32.2. The predicted octanol–water partition coefficient (Wildman–Crippen LogP) is 2.04. The van der Waals surface area contributed by atoms with E-state index < -0.39 is 9.84 Å². The summed E-state index contributed by atoms with van der Waals surface area (Å²) in [4.78, 5) is 17.4. The molecule has 6 nitrogen and oxygen atoms in total. The number of sulfone groups is 1. The van der Waals surface area contributed by atoms with Crippen molar-refractivity contribution in [2.24, 2.45) is 0 Å². The summed E-state index contributed by atoms with van der Waals surface area (Å²) >= 11 is 1.30. The molecule has 24 heavy (non-hydrogen) atoms. The lowest BCUT2D eigenvalue weighted by molar-refractivity contribution is 0.0944. The second-order valence-corrected chi connectivity index (χ2v) is 8.97. The van der Waals surface area contributed by atoms with E-state index in [0.29, 0.717) is 17.0 Å². The number of carbonyl (C=O) groups is 1. The van der Waals surface area contributed by atoms with Gasteiger partial charge in [-0.25, -0.2) is 13.4 Å². The lowest BCUT2D eigenvalue weighted by Crippen LogP contribution is -2.35. The van der Waals surface area contributed by atoms with Crippen molar-refractivity contribution in [1.29, 1.82) is 0 Å². The van der Waals surface area contributed by atoms with Gasteiger partial charge in [-0.05, 0) is 25.5 Å². The van der Waals surface area contributed by atoms with E-state index in [1.54, 1.807) is 14.0 Å². The van der Waals surface area contributed by atoms with E-state index in [9.17, 15) is 13.2 Å². The molecule has 0 unspecified atom stereocenters. The summed E-state index contributed by atoms with van der Waals surface area (Å²) < 4.78 is 28.2. The zero-order chi connectivity index (χ0) is 17.3. The van der Waals surface area contributed by atoms with E-state index in [2.05, 4.69) is 10.3 Å². The van der Waals surface area contributed by atoms with Crippen LogP contribution in [0.2, 0.25) is 0 Å². The van der Waals surface area contributed by atoms with Crippen LogP contribution in [0.1, 0.15) is 21.8 Å². The van der Waals surface area contributed by atoms with Crippen LogP contribution >= 0.6 is 11.3 Å². The molecule has 1 amide bonds. The number of nitrogens with one attached hydrogen (secondary N) is 1. The first-order chi connectivity index (χ1) is 11.4. The van der Waals surface area contributed by atoms with Gasteiger partial charge < -0.3 is 10.1 Å². The van der Waals surface area contributed by atoms with Gasteiger partial charge in [0.2, 0.25) is 0 Å². The Kier molecular flexibility index (Phi) is 4.60. The Morgan fingerprint density at radius 3 is 2.88 bits per heavy atom. The fraction of sp³-hybridized carbons (Fsp3) is 0.375. The maximum Gasteiger partial charge on any atom is 0.263 e. The van der Waals surface area contributed by atoms with E-state index in [1.165, 1.54) is 11.3 Å². The Morgan fingerprint density at radius 1 is 1.42 bits per heavy atom. The van der Waals surface area contributed by atoms with Crippen molar-refractivity contribution in [3.63, 3.8) is 0 Å². The predicted molar refractivity (Wildman–Crippen MR) is 93.4 cm³/mol. The molecule has 0 radical (unpaired) electrons. The largest absolute Gasteiger partial charge is 0.497 e. The number of hydrogen-bond acceptors (Lipinski definition) is 6. The van der Waals surface area contributed by atoms with Crippen molar-refractivity contribution in [2.45, 2.75) is 19.4 Å². The standard InChI is InChI=1S/C16H18N2O4S2/c1-10-14(15(19)18-12-6-7-24(20,21)9-12)23-16(17-10)11-4-3-5-13(8-11)22-2/h3-5,8,12H,6-7,9H2,1-2H3,(H,18,19)/t12-/m0/s1. The molecule has 2 aromatic rings. The highest BCUT2D eigenvalue weighted by Crippen LogP contribution is 2.30. The highest BCUT2D eigenvalue weighted by molar-refractivity contribution is 7.91. The highest BCUT2D eigenvalue weighted by Gasteiger charge is 2.30. The van der Waals surface area contributed by atoms with Crippen LogP contribution in [0.5, 0.6) is 5.75 Å². The topological polar surface area (TPSA) is 85.4 Å². The summed E-state index contributed by atoms with van der Waals surface area (Å²) in [5.74, 6) is 0.609. The summed E-state index contributed by atoms with van der Waals surface area (Å²) in [7, 11) is -1.42. The molecule has 1 saturated heterocycles. The number of aromatic nitrogens is 1. The molecule has 1 aromatic carbocycles. The van der Waals surface area contributed by atoms with Crippen LogP contribution in [0.25, 0.3) is 10.6 Å². The van der Waals surface area contributed by atoms with Gasteiger partial charge in [0, 0.05) is 11.6 Å². The van der Waals surface area contributed by atoms with Gasteiger partial charge in [0.25, 0.3) is 5.91 Å². The molecule has 128 valence electrons. The number of methoxy groups -OCH3 is 1. The molecule has 0 aliphatic carbocycles. The lowest BCUT2D eigenvalue weighted by atomic mass is 10.2. The van der Waals surface area contributed by atoms with Crippen molar-refractivity contribution < 1.29 is 17.9 Å². The van der Waals surface area contributed by atoms with E-state index in [-0.39, 0.29) is 23.5 Å².